The minimum atomic E-state index is -3.68. The number of morpholine rings is 2. The molecule has 2 aromatic rings. The number of anilines is 2. The van der Waals surface area contributed by atoms with E-state index in [1.807, 2.05) is 30.3 Å². The molecule has 0 aliphatic carbocycles. The Hall–Kier alpha value is -2.72. The van der Waals surface area contributed by atoms with Crippen molar-refractivity contribution in [3.8, 4) is 0 Å². The van der Waals surface area contributed by atoms with Gasteiger partial charge in [-0.15, -0.1) is 0 Å². The van der Waals surface area contributed by atoms with Gasteiger partial charge in [-0.3, -0.25) is 4.79 Å². The number of carbonyl (C=O) groups excluding carboxylic acids is 1. The van der Waals surface area contributed by atoms with Crippen LogP contribution in [0.3, 0.4) is 0 Å². The van der Waals surface area contributed by atoms with Gasteiger partial charge in [-0.25, -0.2) is 8.42 Å². The van der Waals surface area contributed by atoms with Crippen molar-refractivity contribution < 1.29 is 22.7 Å². The fraction of sp³-hybridized carbons (Fsp3) is 0.348. The van der Waals surface area contributed by atoms with Crippen LogP contribution in [-0.2, 0) is 24.3 Å². The molecule has 0 spiro atoms. The molecule has 0 unspecified atom stereocenters. The van der Waals surface area contributed by atoms with Crippen LogP contribution in [0.4, 0.5) is 11.4 Å². The van der Waals surface area contributed by atoms with Gasteiger partial charge in [-0.2, -0.15) is 4.31 Å². The zero-order valence-corrected chi connectivity index (χ0v) is 18.6. The summed E-state index contributed by atoms with van der Waals surface area (Å²) in [7, 11) is -3.68. The molecule has 2 heterocycles. The number of benzene rings is 2. The molecule has 0 bridgehead atoms. The number of hydrogen-bond donors (Lipinski definition) is 1. The zero-order chi connectivity index (χ0) is 22.4. The Morgan fingerprint density at radius 3 is 2.25 bits per heavy atom. The van der Waals surface area contributed by atoms with Gasteiger partial charge in [0.25, 0.3) is 0 Å². The molecule has 0 saturated carbocycles. The number of ether oxygens (including phenoxy) is 2. The normalized spacial score (nSPS) is 18.1. The first kappa shape index (κ1) is 22.5. The average Bonchev–Trinajstić information content (AvgIpc) is 2.84. The smallest absolute Gasteiger partial charge is 0.248 e. The van der Waals surface area contributed by atoms with E-state index in [1.54, 1.807) is 24.3 Å². The van der Waals surface area contributed by atoms with Gasteiger partial charge in [0.15, 0.2) is 0 Å². The zero-order valence-electron chi connectivity index (χ0n) is 17.8. The monoisotopic (exact) mass is 457 g/mol. The summed E-state index contributed by atoms with van der Waals surface area (Å²) in [5, 5.41) is 2.88. The van der Waals surface area contributed by atoms with Crippen LogP contribution < -0.4 is 10.2 Å². The molecule has 0 radical (unpaired) electrons. The van der Waals surface area contributed by atoms with E-state index in [4.69, 9.17) is 9.47 Å². The highest BCUT2D eigenvalue weighted by Gasteiger charge is 2.28. The number of nitrogens with one attached hydrogen (secondary N) is 1. The maximum absolute atomic E-state index is 13.1. The van der Waals surface area contributed by atoms with Crippen molar-refractivity contribution in [2.45, 2.75) is 4.90 Å². The Labute approximate surface area is 188 Å². The molecule has 8 nitrogen and oxygen atoms in total. The second kappa shape index (κ2) is 10.3. The Bertz CT molecular complexity index is 1060. The summed E-state index contributed by atoms with van der Waals surface area (Å²) in [6.07, 6.45) is 3.17. The molecule has 1 amide bonds. The summed E-state index contributed by atoms with van der Waals surface area (Å²) in [5.74, 6) is -0.329. The minimum absolute atomic E-state index is 0.152. The molecule has 9 heteroatoms. The van der Waals surface area contributed by atoms with Crippen LogP contribution >= 0.6 is 0 Å². The highest BCUT2D eigenvalue weighted by molar-refractivity contribution is 7.89. The Morgan fingerprint density at radius 1 is 0.906 bits per heavy atom. The summed E-state index contributed by atoms with van der Waals surface area (Å²) in [4.78, 5) is 14.9. The standard InChI is InChI=1S/C23H27N3O5S/c27-23(9-6-19-4-2-1-3-5-19)24-21-18-20(32(28,29)26-12-16-31-17-13-26)7-8-22(21)25-10-14-30-15-11-25/h1-9,18H,10-17H2,(H,24,27)/b9-6+. The quantitative estimate of drug-likeness (QED) is 0.669. The summed E-state index contributed by atoms with van der Waals surface area (Å²) in [6, 6.07) is 14.4. The number of sulfonamides is 1. The van der Waals surface area contributed by atoms with Crippen molar-refractivity contribution in [1.82, 2.24) is 4.31 Å². The van der Waals surface area contributed by atoms with Gasteiger partial charge in [-0.1, -0.05) is 30.3 Å². The molecular formula is C23H27N3O5S. The molecule has 2 aliphatic rings. The first-order valence-electron chi connectivity index (χ1n) is 10.6. The largest absolute Gasteiger partial charge is 0.379 e. The van der Waals surface area contributed by atoms with E-state index in [-0.39, 0.29) is 10.8 Å². The van der Waals surface area contributed by atoms with Gasteiger partial charge < -0.3 is 19.7 Å². The van der Waals surface area contributed by atoms with Crippen molar-refractivity contribution in [2.24, 2.45) is 0 Å². The highest BCUT2D eigenvalue weighted by Crippen LogP contribution is 2.31. The number of rotatable bonds is 6. The average molecular weight is 458 g/mol. The second-order valence-electron chi connectivity index (χ2n) is 7.53. The third kappa shape index (κ3) is 5.36. The predicted octanol–water partition coefficient (Wildman–Crippen LogP) is 2.20. The van der Waals surface area contributed by atoms with Crippen LogP contribution in [0.2, 0.25) is 0 Å². The lowest BCUT2D eigenvalue weighted by atomic mass is 10.2. The van der Waals surface area contributed by atoms with Crippen molar-refractivity contribution in [1.29, 1.82) is 0 Å². The number of amides is 1. The van der Waals surface area contributed by atoms with Crippen LogP contribution in [0.5, 0.6) is 0 Å². The Morgan fingerprint density at radius 2 is 1.56 bits per heavy atom. The molecule has 2 aromatic carbocycles. The van der Waals surface area contributed by atoms with Gasteiger partial charge in [-0.05, 0) is 29.8 Å². The van der Waals surface area contributed by atoms with Gasteiger partial charge in [0.1, 0.15) is 0 Å². The number of carbonyl (C=O) groups is 1. The molecule has 0 atom stereocenters. The topological polar surface area (TPSA) is 88.2 Å². The summed E-state index contributed by atoms with van der Waals surface area (Å²) >= 11 is 0. The van der Waals surface area contributed by atoms with Gasteiger partial charge in [0.2, 0.25) is 15.9 Å². The summed E-state index contributed by atoms with van der Waals surface area (Å²) < 4.78 is 38.4. The maximum atomic E-state index is 13.1. The van der Waals surface area contributed by atoms with E-state index in [0.29, 0.717) is 58.3 Å². The van der Waals surface area contributed by atoms with Crippen molar-refractivity contribution in [3.05, 3.63) is 60.2 Å². The predicted molar refractivity (Wildman–Crippen MR) is 123 cm³/mol. The first-order chi connectivity index (χ1) is 15.5. The molecule has 0 aromatic heterocycles. The van der Waals surface area contributed by atoms with Gasteiger partial charge in [0.05, 0.1) is 42.7 Å². The number of nitrogens with zero attached hydrogens (tertiary/aromatic N) is 2. The molecular weight excluding hydrogens is 430 g/mol. The van der Waals surface area contributed by atoms with Crippen LogP contribution in [-0.4, -0.2) is 71.2 Å². The minimum Gasteiger partial charge on any atom is -0.379 e. The van der Waals surface area contributed by atoms with Gasteiger partial charge in [0, 0.05) is 32.3 Å². The van der Waals surface area contributed by atoms with Crippen LogP contribution in [0.25, 0.3) is 6.08 Å². The lowest BCUT2D eigenvalue weighted by molar-refractivity contribution is -0.111. The third-order valence-electron chi connectivity index (χ3n) is 5.41. The molecule has 4 rings (SSSR count). The first-order valence-corrected chi connectivity index (χ1v) is 12.1. The molecule has 2 fully saturated rings. The van der Waals surface area contributed by atoms with Crippen LogP contribution in [0.15, 0.2) is 59.5 Å². The molecule has 32 heavy (non-hydrogen) atoms. The van der Waals surface area contributed by atoms with E-state index in [2.05, 4.69) is 10.2 Å². The van der Waals surface area contributed by atoms with Gasteiger partial charge >= 0.3 is 0 Å². The molecule has 2 aliphatic heterocycles. The molecule has 1 N–H and O–H groups in total. The SMILES string of the molecule is O=C(/C=C/c1ccccc1)Nc1cc(S(=O)(=O)N2CCOCC2)ccc1N1CCOCC1. The summed E-state index contributed by atoms with van der Waals surface area (Å²) in [5.41, 5.74) is 2.14. The van der Waals surface area contributed by atoms with Crippen LogP contribution in [0.1, 0.15) is 5.56 Å². The van der Waals surface area contributed by atoms with E-state index in [9.17, 15) is 13.2 Å². The fourth-order valence-corrected chi connectivity index (χ4v) is 5.14. The lowest BCUT2D eigenvalue weighted by Crippen LogP contribution is -2.40. The summed E-state index contributed by atoms with van der Waals surface area (Å²) in [6.45, 7) is 3.86. The van der Waals surface area contributed by atoms with Crippen molar-refractivity contribution >= 4 is 33.4 Å². The molecule has 170 valence electrons. The Kier molecular flexibility index (Phi) is 7.21. The van der Waals surface area contributed by atoms with Crippen molar-refractivity contribution in [2.75, 3.05) is 62.8 Å². The third-order valence-corrected chi connectivity index (χ3v) is 7.31. The molecule has 2 saturated heterocycles. The second-order valence-corrected chi connectivity index (χ2v) is 9.47. The van der Waals surface area contributed by atoms with E-state index in [1.165, 1.54) is 10.4 Å². The number of hydrogen-bond acceptors (Lipinski definition) is 6. The van der Waals surface area contributed by atoms with E-state index < -0.39 is 10.0 Å². The Balaban J connectivity index is 1.61. The highest BCUT2D eigenvalue weighted by atomic mass is 32.2. The fourth-order valence-electron chi connectivity index (χ4n) is 3.70. The van der Waals surface area contributed by atoms with E-state index in [0.717, 1.165) is 11.3 Å². The maximum Gasteiger partial charge on any atom is 0.248 e. The lowest BCUT2D eigenvalue weighted by Gasteiger charge is -2.31. The van der Waals surface area contributed by atoms with E-state index >= 15 is 0 Å². The van der Waals surface area contributed by atoms with Crippen molar-refractivity contribution in [3.63, 3.8) is 0 Å². The van der Waals surface area contributed by atoms with Crippen LogP contribution in [0, 0.1) is 0 Å².